The van der Waals surface area contributed by atoms with E-state index in [0.29, 0.717) is 37.8 Å². The van der Waals surface area contributed by atoms with Crippen LogP contribution in [0.1, 0.15) is 49.7 Å². The highest BCUT2D eigenvalue weighted by atomic mass is 32.2. The summed E-state index contributed by atoms with van der Waals surface area (Å²) in [7, 11) is 0. The number of hydrogen-bond acceptors (Lipinski definition) is 5. The number of hydrogen-bond donors (Lipinski definition) is 3. The maximum atomic E-state index is 12.3. The number of fused-ring (bicyclic) bond motifs is 3. The Balaban J connectivity index is 1.34. The second kappa shape index (κ2) is 13.8. The first kappa shape index (κ1) is 26.6. The van der Waals surface area contributed by atoms with Crippen LogP contribution in [-0.2, 0) is 14.3 Å². The largest absolute Gasteiger partial charge is 0.481 e. The molecule has 0 aliphatic heterocycles. The van der Waals surface area contributed by atoms with Gasteiger partial charge in [0.1, 0.15) is 6.61 Å². The van der Waals surface area contributed by atoms with Crippen molar-refractivity contribution in [3.05, 3.63) is 59.7 Å². The van der Waals surface area contributed by atoms with E-state index in [1.54, 1.807) is 0 Å². The highest BCUT2D eigenvalue weighted by molar-refractivity contribution is 7.99. The average Bonchev–Trinajstić information content (AvgIpc) is 3.18. The first-order valence-electron chi connectivity index (χ1n) is 12.1. The molecule has 2 amide bonds. The number of alkyl carbamates (subject to hydrolysis) is 1. The van der Waals surface area contributed by atoms with Crippen molar-refractivity contribution in [2.75, 3.05) is 31.2 Å². The number of carbonyl (C=O) groups excluding carboxylic acids is 2. The molecule has 1 aliphatic rings. The van der Waals surface area contributed by atoms with Gasteiger partial charge in [-0.05, 0) is 41.0 Å². The average molecular weight is 499 g/mol. The van der Waals surface area contributed by atoms with E-state index in [4.69, 9.17) is 9.84 Å². The molecule has 2 aromatic carbocycles. The van der Waals surface area contributed by atoms with Crippen LogP contribution in [0.3, 0.4) is 0 Å². The topological polar surface area (TPSA) is 105 Å². The number of carboxylic acid groups (broad SMARTS) is 1. The Bertz CT molecular complexity index is 967. The molecule has 8 heteroatoms. The van der Waals surface area contributed by atoms with Crippen molar-refractivity contribution in [2.45, 2.75) is 38.5 Å². The molecule has 3 rings (SSSR count). The van der Waals surface area contributed by atoms with Gasteiger partial charge in [0, 0.05) is 31.2 Å². The Morgan fingerprint density at radius 1 is 0.971 bits per heavy atom. The molecule has 1 aliphatic carbocycles. The molecule has 0 saturated heterocycles. The van der Waals surface area contributed by atoms with Crippen LogP contribution in [-0.4, -0.2) is 54.3 Å². The fourth-order valence-electron chi connectivity index (χ4n) is 4.43. The van der Waals surface area contributed by atoms with E-state index in [1.807, 2.05) is 24.3 Å². The molecule has 1 unspecified atom stereocenters. The number of rotatable bonds is 14. The lowest BCUT2D eigenvalue weighted by atomic mass is 9.96. The van der Waals surface area contributed by atoms with Gasteiger partial charge in [-0.2, -0.15) is 0 Å². The van der Waals surface area contributed by atoms with E-state index in [9.17, 15) is 14.4 Å². The van der Waals surface area contributed by atoms with Crippen LogP contribution in [0.5, 0.6) is 0 Å². The van der Waals surface area contributed by atoms with Gasteiger partial charge in [-0.1, -0.05) is 61.9 Å². The van der Waals surface area contributed by atoms with Gasteiger partial charge < -0.3 is 20.5 Å². The zero-order valence-corrected chi connectivity index (χ0v) is 20.9. The number of ether oxygens (including phenoxy) is 1. The van der Waals surface area contributed by atoms with Crippen molar-refractivity contribution in [3.63, 3.8) is 0 Å². The minimum absolute atomic E-state index is 0.0242. The molecule has 0 spiro atoms. The maximum Gasteiger partial charge on any atom is 0.407 e. The third kappa shape index (κ3) is 8.02. The molecule has 0 radical (unpaired) electrons. The molecule has 0 fully saturated rings. The number of benzene rings is 2. The number of carboxylic acids is 1. The van der Waals surface area contributed by atoms with Gasteiger partial charge in [-0.15, -0.1) is 11.8 Å². The van der Waals surface area contributed by atoms with Crippen molar-refractivity contribution >= 4 is 29.7 Å². The van der Waals surface area contributed by atoms with Crippen molar-refractivity contribution in [2.24, 2.45) is 5.92 Å². The van der Waals surface area contributed by atoms with Gasteiger partial charge >= 0.3 is 12.1 Å². The summed E-state index contributed by atoms with van der Waals surface area (Å²) in [4.78, 5) is 34.8. The molecule has 0 aromatic heterocycles. The Hall–Kier alpha value is -3.00. The number of thioether (sulfide) groups is 1. The normalized spacial score (nSPS) is 12.9. The lowest BCUT2D eigenvalue weighted by molar-refractivity contribution is -0.133. The molecule has 188 valence electrons. The fourth-order valence-corrected chi connectivity index (χ4v) is 4.99. The zero-order chi connectivity index (χ0) is 25.0. The predicted molar refractivity (Wildman–Crippen MR) is 139 cm³/mol. The first-order chi connectivity index (χ1) is 17.0. The molecular weight excluding hydrogens is 464 g/mol. The minimum Gasteiger partial charge on any atom is -0.481 e. The summed E-state index contributed by atoms with van der Waals surface area (Å²) in [5.74, 6) is 0.125. The third-order valence-corrected chi connectivity index (χ3v) is 7.26. The van der Waals surface area contributed by atoms with Crippen molar-refractivity contribution < 1.29 is 24.2 Å². The Kier molecular flexibility index (Phi) is 10.5. The van der Waals surface area contributed by atoms with Crippen LogP contribution >= 0.6 is 11.8 Å². The smallest absolute Gasteiger partial charge is 0.407 e. The van der Waals surface area contributed by atoms with E-state index < -0.39 is 12.1 Å². The SMILES string of the molecule is CCC(CCNC(=O)OCC1c2ccccc2-c2ccccc21)CCC(=O)NCCSCC(=O)O. The second-order valence-corrected chi connectivity index (χ2v) is 9.76. The molecule has 2 aromatic rings. The monoisotopic (exact) mass is 498 g/mol. The standard InChI is InChI=1S/C27H34N2O5S/c1-2-19(11-12-25(30)28-15-16-35-18-26(31)32)13-14-29-27(33)34-17-24-22-9-5-3-7-20(22)21-8-4-6-10-23(21)24/h3-10,19,24H,2,11-18H2,1H3,(H,28,30)(H,29,33)(H,31,32). The zero-order valence-electron chi connectivity index (χ0n) is 20.1. The van der Waals surface area contributed by atoms with Gasteiger partial charge in [0.05, 0.1) is 5.75 Å². The number of aliphatic carboxylic acids is 1. The number of amides is 2. The summed E-state index contributed by atoms with van der Waals surface area (Å²) in [6.45, 7) is 3.35. The maximum absolute atomic E-state index is 12.3. The second-order valence-electron chi connectivity index (χ2n) is 8.65. The van der Waals surface area contributed by atoms with Crippen LogP contribution in [0.15, 0.2) is 48.5 Å². The van der Waals surface area contributed by atoms with Crippen LogP contribution in [0.25, 0.3) is 11.1 Å². The van der Waals surface area contributed by atoms with Gasteiger partial charge in [0.15, 0.2) is 0 Å². The summed E-state index contributed by atoms with van der Waals surface area (Å²) < 4.78 is 5.58. The first-order valence-corrected chi connectivity index (χ1v) is 13.3. The molecular formula is C27H34N2O5S. The predicted octanol–water partition coefficient (Wildman–Crippen LogP) is 4.66. The lowest BCUT2D eigenvalue weighted by Gasteiger charge is -2.17. The van der Waals surface area contributed by atoms with E-state index in [-0.39, 0.29) is 17.6 Å². The molecule has 0 heterocycles. The van der Waals surface area contributed by atoms with Crippen molar-refractivity contribution in [1.29, 1.82) is 0 Å². The molecule has 3 N–H and O–H groups in total. The van der Waals surface area contributed by atoms with E-state index >= 15 is 0 Å². The third-order valence-electron chi connectivity index (χ3n) is 6.32. The lowest BCUT2D eigenvalue weighted by Crippen LogP contribution is -2.29. The molecule has 0 saturated carbocycles. The quantitative estimate of drug-likeness (QED) is 0.327. The molecule has 1 atom stereocenters. The van der Waals surface area contributed by atoms with Crippen LogP contribution in [0, 0.1) is 5.92 Å². The van der Waals surface area contributed by atoms with Crippen LogP contribution < -0.4 is 10.6 Å². The molecule has 35 heavy (non-hydrogen) atoms. The Morgan fingerprint density at radius 2 is 1.63 bits per heavy atom. The minimum atomic E-state index is -0.848. The molecule has 7 nitrogen and oxygen atoms in total. The number of carbonyl (C=O) groups is 3. The Morgan fingerprint density at radius 3 is 2.26 bits per heavy atom. The van der Waals surface area contributed by atoms with E-state index in [2.05, 4.69) is 41.8 Å². The molecule has 0 bridgehead atoms. The van der Waals surface area contributed by atoms with Crippen LogP contribution in [0.4, 0.5) is 4.79 Å². The summed E-state index contributed by atoms with van der Waals surface area (Å²) >= 11 is 1.28. The summed E-state index contributed by atoms with van der Waals surface area (Å²) in [6.07, 6.45) is 2.46. The highest BCUT2D eigenvalue weighted by Gasteiger charge is 2.28. The van der Waals surface area contributed by atoms with Gasteiger partial charge in [-0.3, -0.25) is 9.59 Å². The summed E-state index contributed by atoms with van der Waals surface area (Å²) in [5, 5.41) is 14.3. The summed E-state index contributed by atoms with van der Waals surface area (Å²) in [5.41, 5.74) is 4.77. The van der Waals surface area contributed by atoms with Gasteiger partial charge in [-0.25, -0.2) is 4.79 Å². The highest BCUT2D eigenvalue weighted by Crippen LogP contribution is 2.44. The van der Waals surface area contributed by atoms with Crippen LogP contribution in [0.2, 0.25) is 0 Å². The number of nitrogens with one attached hydrogen (secondary N) is 2. The van der Waals surface area contributed by atoms with E-state index in [0.717, 1.165) is 19.3 Å². The van der Waals surface area contributed by atoms with Gasteiger partial charge in [0.25, 0.3) is 0 Å². The Labute approximate surface area is 211 Å². The van der Waals surface area contributed by atoms with E-state index in [1.165, 1.54) is 34.0 Å². The van der Waals surface area contributed by atoms with Crippen molar-refractivity contribution in [1.82, 2.24) is 10.6 Å². The fraction of sp³-hybridized carbons (Fsp3) is 0.444. The summed E-state index contributed by atoms with van der Waals surface area (Å²) in [6, 6.07) is 16.5. The van der Waals surface area contributed by atoms with Gasteiger partial charge in [0.2, 0.25) is 5.91 Å². The van der Waals surface area contributed by atoms with Crippen molar-refractivity contribution in [3.8, 4) is 11.1 Å².